The fourth-order valence-corrected chi connectivity index (χ4v) is 3.08. The molecule has 1 atom stereocenters. The van der Waals surface area contributed by atoms with Gasteiger partial charge in [-0.2, -0.15) is 0 Å². The van der Waals surface area contributed by atoms with E-state index in [0.717, 1.165) is 18.2 Å². The molecule has 1 saturated heterocycles. The van der Waals surface area contributed by atoms with E-state index in [2.05, 4.69) is 4.72 Å². The van der Waals surface area contributed by atoms with Gasteiger partial charge in [0, 0.05) is 13.1 Å². The molecule has 1 aliphatic rings. The number of nitrogens with zero attached hydrogens (tertiary/aromatic N) is 1. The van der Waals surface area contributed by atoms with Crippen LogP contribution in [0.1, 0.15) is 22.3 Å². The summed E-state index contributed by atoms with van der Waals surface area (Å²) in [5.74, 6) is 0.172. The van der Waals surface area contributed by atoms with Gasteiger partial charge in [-0.15, -0.1) is 0 Å². The number of carbonyl (C=O) groups is 1. The number of benzene rings is 1. The molecule has 1 fully saturated rings. The lowest BCUT2D eigenvalue weighted by molar-refractivity contribution is 0.0788. The molecule has 116 valence electrons. The zero-order valence-electron chi connectivity index (χ0n) is 12.3. The van der Waals surface area contributed by atoms with E-state index in [1.165, 1.54) is 0 Å². The SMILES string of the molecule is Cc1ccc(NS(C)(=O)=O)c(C(=O)N2CCC(CN)C2)c1. The van der Waals surface area contributed by atoms with Gasteiger partial charge in [0.25, 0.3) is 5.91 Å². The van der Waals surface area contributed by atoms with E-state index in [9.17, 15) is 13.2 Å². The van der Waals surface area contributed by atoms with E-state index in [1.54, 1.807) is 23.1 Å². The summed E-state index contributed by atoms with van der Waals surface area (Å²) in [5.41, 5.74) is 7.26. The van der Waals surface area contributed by atoms with Crippen LogP contribution in [0.3, 0.4) is 0 Å². The normalized spacial score (nSPS) is 18.8. The zero-order chi connectivity index (χ0) is 15.6. The van der Waals surface area contributed by atoms with Crippen LogP contribution in [-0.4, -0.2) is 45.1 Å². The van der Waals surface area contributed by atoms with Crippen LogP contribution in [0.5, 0.6) is 0 Å². The quantitative estimate of drug-likeness (QED) is 0.859. The third kappa shape index (κ3) is 3.95. The molecule has 1 amide bonds. The maximum Gasteiger partial charge on any atom is 0.256 e. The molecule has 2 rings (SSSR count). The molecule has 1 aromatic carbocycles. The number of anilines is 1. The number of aryl methyl sites for hydroxylation is 1. The molecule has 0 aromatic heterocycles. The van der Waals surface area contributed by atoms with Crippen molar-refractivity contribution in [3.05, 3.63) is 29.3 Å². The summed E-state index contributed by atoms with van der Waals surface area (Å²) in [7, 11) is -3.43. The fraction of sp³-hybridized carbons (Fsp3) is 0.500. The van der Waals surface area contributed by atoms with Crippen LogP contribution in [0.25, 0.3) is 0 Å². The summed E-state index contributed by atoms with van der Waals surface area (Å²) in [4.78, 5) is 14.4. The summed E-state index contributed by atoms with van der Waals surface area (Å²) < 4.78 is 25.3. The Bertz CT molecular complexity index is 643. The van der Waals surface area contributed by atoms with Crippen molar-refractivity contribution in [2.24, 2.45) is 11.7 Å². The molecule has 0 spiro atoms. The predicted molar refractivity (Wildman–Crippen MR) is 82.7 cm³/mol. The Morgan fingerprint density at radius 3 is 2.76 bits per heavy atom. The number of hydrogen-bond donors (Lipinski definition) is 2. The zero-order valence-corrected chi connectivity index (χ0v) is 13.1. The molecule has 0 aliphatic carbocycles. The number of carbonyl (C=O) groups excluding carboxylic acids is 1. The van der Waals surface area contributed by atoms with Crippen molar-refractivity contribution in [3.8, 4) is 0 Å². The first kappa shape index (κ1) is 15.8. The molecule has 21 heavy (non-hydrogen) atoms. The Labute approximate surface area is 125 Å². The molecule has 1 aliphatic heterocycles. The first-order valence-corrected chi connectivity index (χ1v) is 8.77. The number of hydrogen-bond acceptors (Lipinski definition) is 4. The van der Waals surface area contributed by atoms with E-state index in [-0.39, 0.29) is 5.91 Å². The number of amides is 1. The van der Waals surface area contributed by atoms with Gasteiger partial charge in [-0.25, -0.2) is 8.42 Å². The van der Waals surface area contributed by atoms with Crippen LogP contribution in [0, 0.1) is 12.8 Å². The molecule has 0 saturated carbocycles. The van der Waals surface area contributed by atoms with Crippen LogP contribution in [0.4, 0.5) is 5.69 Å². The fourth-order valence-electron chi connectivity index (χ4n) is 2.50. The third-order valence-corrected chi connectivity index (χ3v) is 4.20. The van der Waals surface area contributed by atoms with Crippen molar-refractivity contribution in [1.29, 1.82) is 0 Å². The maximum absolute atomic E-state index is 12.6. The highest BCUT2D eigenvalue weighted by atomic mass is 32.2. The van der Waals surface area contributed by atoms with Crippen LogP contribution < -0.4 is 10.5 Å². The average Bonchev–Trinajstić information content (AvgIpc) is 2.87. The van der Waals surface area contributed by atoms with Crippen molar-refractivity contribution >= 4 is 21.6 Å². The van der Waals surface area contributed by atoms with E-state index in [4.69, 9.17) is 5.73 Å². The smallest absolute Gasteiger partial charge is 0.256 e. The van der Waals surface area contributed by atoms with Gasteiger partial charge < -0.3 is 10.6 Å². The number of likely N-dealkylation sites (tertiary alicyclic amines) is 1. The molecular formula is C14H21N3O3S. The topological polar surface area (TPSA) is 92.5 Å². The highest BCUT2D eigenvalue weighted by molar-refractivity contribution is 7.92. The molecular weight excluding hydrogens is 290 g/mol. The van der Waals surface area contributed by atoms with Gasteiger partial charge in [-0.3, -0.25) is 9.52 Å². The highest BCUT2D eigenvalue weighted by Crippen LogP contribution is 2.24. The molecule has 1 heterocycles. The van der Waals surface area contributed by atoms with Gasteiger partial charge in [0.05, 0.1) is 17.5 Å². The van der Waals surface area contributed by atoms with Gasteiger partial charge in [-0.05, 0) is 37.9 Å². The lowest BCUT2D eigenvalue weighted by atomic mass is 10.1. The third-order valence-electron chi connectivity index (χ3n) is 3.61. The molecule has 6 nitrogen and oxygen atoms in total. The van der Waals surface area contributed by atoms with Crippen molar-refractivity contribution in [3.63, 3.8) is 0 Å². The lowest BCUT2D eigenvalue weighted by Gasteiger charge is -2.19. The second kappa shape index (κ2) is 6.03. The first-order valence-electron chi connectivity index (χ1n) is 6.88. The summed E-state index contributed by atoms with van der Waals surface area (Å²) in [5, 5.41) is 0. The van der Waals surface area contributed by atoms with Crippen molar-refractivity contribution in [2.45, 2.75) is 13.3 Å². The van der Waals surface area contributed by atoms with Crippen molar-refractivity contribution in [2.75, 3.05) is 30.6 Å². The average molecular weight is 311 g/mol. The largest absolute Gasteiger partial charge is 0.338 e. The summed E-state index contributed by atoms with van der Waals surface area (Å²) >= 11 is 0. The van der Waals surface area contributed by atoms with Gasteiger partial charge in [0.1, 0.15) is 0 Å². The Morgan fingerprint density at radius 1 is 1.48 bits per heavy atom. The van der Waals surface area contributed by atoms with Crippen LogP contribution >= 0.6 is 0 Å². The summed E-state index contributed by atoms with van der Waals surface area (Å²) in [6.07, 6.45) is 1.96. The number of nitrogens with one attached hydrogen (secondary N) is 1. The summed E-state index contributed by atoms with van der Waals surface area (Å²) in [6, 6.07) is 5.11. The highest BCUT2D eigenvalue weighted by Gasteiger charge is 2.27. The predicted octanol–water partition coefficient (Wildman–Crippen LogP) is 0.787. The molecule has 0 bridgehead atoms. The van der Waals surface area contributed by atoms with E-state index < -0.39 is 10.0 Å². The minimum absolute atomic E-state index is 0.152. The van der Waals surface area contributed by atoms with Crippen LogP contribution in [0.15, 0.2) is 18.2 Å². The Morgan fingerprint density at radius 2 is 2.19 bits per heavy atom. The molecule has 1 unspecified atom stereocenters. The molecule has 7 heteroatoms. The van der Waals surface area contributed by atoms with Gasteiger partial charge >= 0.3 is 0 Å². The van der Waals surface area contributed by atoms with Gasteiger partial charge in [-0.1, -0.05) is 11.6 Å². The molecule has 0 radical (unpaired) electrons. The lowest BCUT2D eigenvalue weighted by Crippen LogP contribution is -2.30. The minimum Gasteiger partial charge on any atom is -0.338 e. The van der Waals surface area contributed by atoms with Crippen molar-refractivity contribution in [1.82, 2.24) is 4.90 Å². The second-order valence-electron chi connectivity index (χ2n) is 5.56. The maximum atomic E-state index is 12.6. The van der Waals surface area contributed by atoms with Gasteiger partial charge in [0.15, 0.2) is 0 Å². The summed E-state index contributed by atoms with van der Waals surface area (Å²) in [6.45, 7) is 3.72. The monoisotopic (exact) mass is 311 g/mol. The number of nitrogens with two attached hydrogens (primary N) is 1. The van der Waals surface area contributed by atoms with E-state index in [1.807, 2.05) is 6.92 Å². The first-order chi connectivity index (χ1) is 9.80. The molecule has 1 aromatic rings. The Balaban J connectivity index is 2.29. The van der Waals surface area contributed by atoms with E-state index in [0.29, 0.717) is 36.8 Å². The van der Waals surface area contributed by atoms with Crippen LogP contribution in [-0.2, 0) is 10.0 Å². The van der Waals surface area contributed by atoms with E-state index >= 15 is 0 Å². The number of sulfonamides is 1. The van der Waals surface area contributed by atoms with Crippen molar-refractivity contribution < 1.29 is 13.2 Å². The Kier molecular flexibility index (Phi) is 4.53. The second-order valence-corrected chi connectivity index (χ2v) is 7.31. The standard InChI is InChI=1S/C14H21N3O3S/c1-10-3-4-13(16-21(2,19)20)12(7-10)14(18)17-6-5-11(8-15)9-17/h3-4,7,11,16H,5-6,8-9,15H2,1-2H3. The number of rotatable bonds is 4. The molecule has 3 N–H and O–H groups in total. The van der Waals surface area contributed by atoms with Gasteiger partial charge in [0.2, 0.25) is 10.0 Å². The minimum atomic E-state index is -3.43. The Hall–Kier alpha value is -1.60. The van der Waals surface area contributed by atoms with Crippen LogP contribution in [0.2, 0.25) is 0 Å².